The molecule has 1 unspecified atom stereocenters. The van der Waals surface area contributed by atoms with Gasteiger partial charge in [0.2, 0.25) is 0 Å². The minimum absolute atomic E-state index is 0.0402. The summed E-state index contributed by atoms with van der Waals surface area (Å²) in [6, 6.07) is 14.8. The number of hydrogen-bond acceptors (Lipinski definition) is 3. The first kappa shape index (κ1) is 24.6. The lowest BCUT2D eigenvalue weighted by atomic mass is 10.0. The summed E-state index contributed by atoms with van der Waals surface area (Å²) in [7, 11) is 0. The van der Waals surface area contributed by atoms with Crippen molar-refractivity contribution in [1.29, 1.82) is 0 Å². The lowest BCUT2D eigenvalue weighted by Crippen LogP contribution is -2.36. The van der Waals surface area contributed by atoms with Gasteiger partial charge in [0.15, 0.2) is 0 Å². The van der Waals surface area contributed by atoms with Gasteiger partial charge in [0.25, 0.3) is 17.7 Å². The summed E-state index contributed by atoms with van der Waals surface area (Å²) in [5, 5.41) is 5.92. The van der Waals surface area contributed by atoms with Gasteiger partial charge in [0.1, 0.15) is 0 Å². The number of anilines is 1. The van der Waals surface area contributed by atoms with E-state index in [1.807, 2.05) is 56.0 Å². The molecule has 1 fully saturated rings. The van der Waals surface area contributed by atoms with Crippen molar-refractivity contribution >= 4 is 35.1 Å². The second kappa shape index (κ2) is 10.1. The van der Waals surface area contributed by atoms with Gasteiger partial charge in [-0.15, -0.1) is 0 Å². The van der Waals surface area contributed by atoms with Crippen molar-refractivity contribution in [2.75, 3.05) is 18.4 Å². The molecule has 0 radical (unpaired) electrons. The maximum absolute atomic E-state index is 13.2. The fourth-order valence-corrected chi connectivity index (χ4v) is 5.22. The van der Waals surface area contributed by atoms with Crippen LogP contribution in [0.4, 0.5) is 5.69 Å². The van der Waals surface area contributed by atoms with Gasteiger partial charge in [0.05, 0.1) is 17.2 Å². The van der Waals surface area contributed by atoms with Crippen molar-refractivity contribution in [3.63, 3.8) is 0 Å². The fraction of sp³-hybridized carbons (Fsp3) is 0.300. The van der Waals surface area contributed by atoms with E-state index in [-0.39, 0.29) is 23.8 Å². The Kier molecular flexibility index (Phi) is 6.70. The van der Waals surface area contributed by atoms with E-state index >= 15 is 0 Å². The van der Waals surface area contributed by atoms with E-state index in [0.29, 0.717) is 28.0 Å². The number of aromatic nitrogens is 1. The molecule has 0 saturated carbocycles. The Morgan fingerprint density at radius 3 is 2.49 bits per heavy atom. The Bertz CT molecular complexity index is 1400. The number of aryl methyl sites for hydroxylation is 1. The Balaban J connectivity index is 1.42. The van der Waals surface area contributed by atoms with Gasteiger partial charge in [-0.2, -0.15) is 0 Å². The molecule has 0 spiro atoms. The second-order valence-corrected chi connectivity index (χ2v) is 9.89. The molecule has 0 bridgehead atoms. The van der Waals surface area contributed by atoms with Crippen LogP contribution >= 0.6 is 0 Å². The van der Waals surface area contributed by atoms with Gasteiger partial charge in [-0.1, -0.05) is 30.3 Å². The third-order valence-corrected chi connectivity index (χ3v) is 7.33. The Morgan fingerprint density at radius 2 is 1.76 bits per heavy atom. The van der Waals surface area contributed by atoms with Gasteiger partial charge >= 0.3 is 0 Å². The van der Waals surface area contributed by atoms with Gasteiger partial charge in [-0.05, 0) is 75.4 Å². The number of amides is 3. The van der Waals surface area contributed by atoms with Crippen molar-refractivity contribution < 1.29 is 14.4 Å². The number of rotatable bonds is 5. The predicted molar refractivity (Wildman–Crippen MR) is 145 cm³/mol. The van der Waals surface area contributed by atoms with Crippen LogP contribution in [-0.2, 0) is 4.79 Å². The molecule has 37 heavy (non-hydrogen) atoms. The van der Waals surface area contributed by atoms with Gasteiger partial charge in [-0.3, -0.25) is 14.4 Å². The maximum atomic E-state index is 13.2. The van der Waals surface area contributed by atoms with Crippen LogP contribution in [0.3, 0.4) is 0 Å². The molecule has 5 rings (SSSR count). The summed E-state index contributed by atoms with van der Waals surface area (Å²) < 4.78 is 0. The topological polar surface area (TPSA) is 94.3 Å². The Morgan fingerprint density at radius 1 is 1.03 bits per heavy atom. The van der Waals surface area contributed by atoms with Crippen LogP contribution in [-0.4, -0.2) is 40.7 Å². The largest absolute Gasteiger partial charge is 0.358 e. The van der Waals surface area contributed by atoms with E-state index in [1.54, 1.807) is 24.3 Å². The molecule has 190 valence electrons. The van der Waals surface area contributed by atoms with Gasteiger partial charge in [-0.25, -0.2) is 0 Å². The minimum atomic E-state index is -0.235. The molecule has 3 N–H and O–H groups in total. The van der Waals surface area contributed by atoms with E-state index in [0.717, 1.165) is 54.9 Å². The van der Waals surface area contributed by atoms with E-state index in [1.165, 1.54) is 0 Å². The average molecular weight is 497 g/mol. The molecular weight excluding hydrogens is 464 g/mol. The zero-order valence-electron chi connectivity index (χ0n) is 21.5. The lowest BCUT2D eigenvalue weighted by molar-refractivity contribution is -0.110. The molecule has 7 nitrogen and oxygen atoms in total. The van der Waals surface area contributed by atoms with E-state index in [9.17, 15) is 14.4 Å². The zero-order chi connectivity index (χ0) is 26.1. The van der Waals surface area contributed by atoms with Crippen LogP contribution in [0.25, 0.3) is 11.6 Å². The standard InChI is InChI=1S/C30H32N4O3/c1-18-26(31-20(3)27(18)30(37)34-14-8-5-9-15-34)17-24-23-16-22(12-13-25(23)33-29(24)36)28(35)32-19(2)21-10-6-4-7-11-21/h4,6-7,10-13,16-17,19,31H,5,8-9,14-15H2,1-3H3,(H,32,35)(H,33,36). The number of hydrogen-bond donors (Lipinski definition) is 3. The number of H-pyrrole nitrogens is 1. The molecule has 1 aromatic heterocycles. The minimum Gasteiger partial charge on any atom is -0.358 e. The van der Waals surface area contributed by atoms with Crippen LogP contribution in [0.1, 0.15) is 81.0 Å². The predicted octanol–water partition coefficient (Wildman–Crippen LogP) is 5.24. The molecule has 1 saturated heterocycles. The highest BCUT2D eigenvalue weighted by Gasteiger charge is 2.28. The summed E-state index contributed by atoms with van der Waals surface area (Å²) in [6.45, 7) is 7.31. The molecule has 3 heterocycles. The number of likely N-dealkylation sites (tertiary alicyclic amines) is 1. The van der Waals surface area contributed by atoms with Crippen LogP contribution < -0.4 is 10.6 Å². The third-order valence-electron chi connectivity index (χ3n) is 7.33. The SMILES string of the molecule is Cc1[nH]c(C=C2C(=O)Nc3ccc(C(=O)NC(C)c4ccccc4)cc32)c(C)c1C(=O)N1CCCCC1. The first-order chi connectivity index (χ1) is 17.8. The number of carbonyl (C=O) groups is 3. The molecule has 2 aliphatic heterocycles. The van der Waals surface area contributed by atoms with Gasteiger partial charge < -0.3 is 20.5 Å². The van der Waals surface area contributed by atoms with Crippen molar-refractivity contribution in [3.05, 3.63) is 87.7 Å². The second-order valence-electron chi connectivity index (χ2n) is 9.89. The number of nitrogens with zero attached hydrogens (tertiary/aromatic N) is 1. The molecule has 2 aliphatic rings. The quantitative estimate of drug-likeness (QED) is 0.422. The number of piperidine rings is 1. The van der Waals surface area contributed by atoms with Crippen LogP contribution in [0.2, 0.25) is 0 Å². The molecule has 7 heteroatoms. The van der Waals surface area contributed by atoms with Crippen molar-refractivity contribution in [2.24, 2.45) is 0 Å². The first-order valence-electron chi connectivity index (χ1n) is 12.8. The summed E-state index contributed by atoms with van der Waals surface area (Å²) in [6.07, 6.45) is 5.00. The average Bonchev–Trinajstić information content (AvgIpc) is 3.38. The summed E-state index contributed by atoms with van der Waals surface area (Å²) in [5.74, 6) is -0.404. The number of carbonyl (C=O) groups excluding carboxylic acids is 3. The Hall–Kier alpha value is -4.13. The number of aromatic amines is 1. The number of nitrogens with one attached hydrogen (secondary N) is 3. The van der Waals surface area contributed by atoms with Crippen LogP contribution in [0, 0.1) is 13.8 Å². The van der Waals surface area contributed by atoms with Crippen molar-refractivity contribution in [3.8, 4) is 0 Å². The molecule has 2 aromatic carbocycles. The maximum Gasteiger partial charge on any atom is 0.256 e. The van der Waals surface area contributed by atoms with Gasteiger partial charge in [0, 0.05) is 41.3 Å². The summed E-state index contributed by atoms with van der Waals surface area (Å²) in [4.78, 5) is 44.4. The third kappa shape index (κ3) is 4.81. The number of benzene rings is 2. The van der Waals surface area contributed by atoms with Crippen LogP contribution in [0.15, 0.2) is 48.5 Å². The number of fused-ring (bicyclic) bond motifs is 1. The monoisotopic (exact) mass is 496 g/mol. The highest BCUT2D eigenvalue weighted by Crippen LogP contribution is 2.35. The highest BCUT2D eigenvalue weighted by atomic mass is 16.2. The lowest BCUT2D eigenvalue weighted by Gasteiger charge is -2.27. The molecule has 0 aliphatic carbocycles. The molecule has 1 atom stereocenters. The van der Waals surface area contributed by atoms with E-state index < -0.39 is 0 Å². The molecule has 3 amide bonds. The Labute approximate surface area is 217 Å². The van der Waals surface area contributed by atoms with E-state index in [4.69, 9.17) is 0 Å². The summed E-state index contributed by atoms with van der Waals surface area (Å²) in [5.41, 5.74) is 6.30. The van der Waals surface area contributed by atoms with Crippen LogP contribution in [0.5, 0.6) is 0 Å². The zero-order valence-corrected chi connectivity index (χ0v) is 21.5. The highest BCUT2D eigenvalue weighted by molar-refractivity contribution is 6.35. The first-order valence-corrected chi connectivity index (χ1v) is 12.8. The summed E-state index contributed by atoms with van der Waals surface area (Å²) >= 11 is 0. The van der Waals surface area contributed by atoms with E-state index in [2.05, 4.69) is 15.6 Å². The van der Waals surface area contributed by atoms with Crippen molar-refractivity contribution in [1.82, 2.24) is 15.2 Å². The molecule has 3 aromatic rings. The normalized spacial score (nSPS) is 16.9. The fourth-order valence-electron chi connectivity index (χ4n) is 5.22. The van der Waals surface area contributed by atoms with Crippen molar-refractivity contribution in [2.45, 2.75) is 46.1 Å². The molecular formula is C30H32N4O3. The smallest absolute Gasteiger partial charge is 0.256 e.